The fraction of sp³-hybridized carbons (Fsp3) is 0.294. The molecule has 130 valence electrons. The van der Waals surface area contributed by atoms with Crippen molar-refractivity contribution in [1.82, 2.24) is 4.72 Å². The van der Waals surface area contributed by atoms with Gasteiger partial charge in [-0.25, -0.2) is 21.9 Å². The number of nitrogens with one attached hydrogen (secondary N) is 1. The van der Waals surface area contributed by atoms with E-state index in [0.717, 1.165) is 23.4 Å². The van der Waals surface area contributed by atoms with E-state index in [-0.39, 0.29) is 6.54 Å². The first-order valence-electron chi connectivity index (χ1n) is 7.60. The van der Waals surface area contributed by atoms with Gasteiger partial charge in [-0.05, 0) is 43.7 Å². The number of hydrogen-bond donors (Lipinski definition) is 1. The van der Waals surface area contributed by atoms with E-state index < -0.39 is 26.6 Å². The molecule has 0 saturated carbocycles. The third-order valence-corrected chi connectivity index (χ3v) is 5.10. The van der Waals surface area contributed by atoms with Gasteiger partial charge in [0.15, 0.2) is 0 Å². The van der Waals surface area contributed by atoms with Crippen LogP contribution in [0.15, 0.2) is 47.4 Å². The van der Waals surface area contributed by atoms with Gasteiger partial charge in [0.25, 0.3) is 0 Å². The van der Waals surface area contributed by atoms with E-state index in [9.17, 15) is 17.2 Å². The van der Waals surface area contributed by atoms with Crippen molar-refractivity contribution in [3.8, 4) is 0 Å². The molecule has 7 heteroatoms. The molecule has 24 heavy (non-hydrogen) atoms. The molecule has 0 spiro atoms. The van der Waals surface area contributed by atoms with Crippen molar-refractivity contribution in [2.75, 3.05) is 24.5 Å². The summed E-state index contributed by atoms with van der Waals surface area (Å²) in [5.41, 5.74) is 2.10. The lowest BCUT2D eigenvalue weighted by Crippen LogP contribution is -2.35. The molecule has 0 saturated heterocycles. The highest BCUT2D eigenvalue weighted by atomic mass is 32.2. The molecule has 0 aromatic heterocycles. The molecule has 2 aromatic rings. The maximum atomic E-state index is 13.6. The Labute approximate surface area is 141 Å². The number of anilines is 1. The largest absolute Gasteiger partial charge is 0.370 e. The first kappa shape index (κ1) is 18.4. The standard InChI is InChI=1S/C17H20F2N2O2S/c1-3-21(15-6-4-5-13(2)11-15)10-9-20-24(22,23)17-8-7-14(18)12-16(17)19/h4-8,11-12,20H,3,9-10H2,1-2H3. The number of sulfonamides is 1. The Bertz CT molecular complexity index is 810. The highest BCUT2D eigenvalue weighted by Gasteiger charge is 2.19. The van der Waals surface area contributed by atoms with Crippen LogP contribution in [-0.4, -0.2) is 28.1 Å². The van der Waals surface area contributed by atoms with Crippen LogP contribution in [0, 0.1) is 18.6 Å². The zero-order valence-corrected chi connectivity index (χ0v) is 14.4. The summed E-state index contributed by atoms with van der Waals surface area (Å²) in [5.74, 6) is -1.92. The fourth-order valence-electron chi connectivity index (χ4n) is 2.38. The van der Waals surface area contributed by atoms with Crippen LogP contribution in [0.5, 0.6) is 0 Å². The van der Waals surface area contributed by atoms with Crippen LogP contribution < -0.4 is 9.62 Å². The van der Waals surface area contributed by atoms with E-state index in [1.54, 1.807) is 0 Å². The Morgan fingerprint density at radius 2 is 1.88 bits per heavy atom. The van der Waals surface area contributed by atoms with Crippen molar-refractivity contribution in [1.29, 1.82) is 0 Å². The predicted octanol–water partition coefficient (Wildman–Crippen LogP) is 3.08. The second kappa shape index (κ2) is 7.72. The summed E-state index contributed by atoms with van der Waals surface area (Å²) in [6.45, 7) is 5.20. The average Bonchev–Trinajstić information content (AvgIpc) is 2.51. The molecule has 2 rings (SSSR count). The molecule has 0 fully saturated rings. The summed E-state index contributed by atoms with van der Waals surface area (Å²) in [5, 5.41) is 0. The summed E-state index contributed by atoms with van der Waals surface area (Å²) in [6.07, 6.45) is 0. The molecule has 0 unspecified atom stereocenters. The van der Waals surface area contributed by atoms with E-state index in [0.29, 0.717) is 19.2 Å². The third kappa shape index (κ3) is 4.52. The van der Waals surface area contributed by atoms with Gasteiger partial charge >= 0.3 is 0 Å². The molecule has 0 heterocycles. The Kier molecular flexibility index (Phi) is 5.90. The highest BCUT2D eigenvalue weighted by molar-refractivity contribution is 7.89. The first-order chi connectivity index (χ1) is 11.3. The average molecular weight is 354 g/mol. The minimum atomic E-state index is -4.02. The van der Waals surface area contributed by atoms with Gasteiger partial charge < -0.3 is 4.90 Å². The molecule has 0 aliphatic carbocycles. The second-order valence-corrected chi connectivity index (χ2v) is 7.13. The number of benzene rings is 2. The molecular formula is C17H20F2N2O2S. The van der Waals surface area contributed by atoms with Gasteiger partial charge in [0, 0.05) is 31.4 Å². The minimum absolute atomic E-state index is 0.112. The van der Waals surface area contributed by atoms with Gasteiger partial charge in [0.1, 0.15) is 16.5 Å². The quantitative estimate of drug-likeness (QED) is 0.831. The van der Waals surface area contributed by atoms with E-state index in [4.69, 9.17) is 0 Å². The van der Waals surface area contributed by atoms with Crippen LogP contribution in [0.1, 0.15) is 12.5 Å². The highest BCUT2D eigenvalue weighted by Crippen LogP contribution is 2.17. The van der Waals surface area contributed by atoms with Gasteiger partial charge in [-0.1, -0.05) is 12.1 Å². The molecule has 0 amide bonds. The zero-order valence-electron chi connectivity index (χ0n) is 13.6. The maximum absolute atomic E-state index is 13.6. The number of aryl methyl sites for hydroxylation is 1. The van der Waals surface area contributed by atoms with Crippen molar-refractivity contribution in [3.63, 3.8) is 0 Å². The zero-order chi connectivity index (χ0) is 17.7. The van der Waals surface area contributed by atoms with E-state index in [1.165, 1.54) is 0 Å². The number of hydrogen-bond acceptors (Lipinski definition) is 3. The lowest BCUT2D eigenvalue weighted by Gasteiger charge is -2.23. The number of likely N-dealkylation sites (N-methyl/N-ethyl adjacent to an activating group) is 1. The minimum Gasteiger partial charge on any atom is -0.370 e. The van der Waals surface area contributed by atoms with Crippen molar-refractivity contribution in [2.24, 2.45) is 0 Å². The lowest BCUT2D eigenvalue weighted by molar-refractivity contribution is 0.543. The van der Waals surface area contributed by atoms with Gasteiger partial charge in [0.05, 0.1) is 0 Å². The summed E-state index contributed by atoms with van der Waals surface area (Å²) in [6, 6.07) is 10.3. The Balaban J connectivity index is 2.04. The maximum Gasteiger partial charge on any atom is 0.243 e. The number of nitrogens with zero attached hydrogens (tertiary/aromatic N) is 1. The normalized spacial score (nSPS) is 11.5. The smallest absolute Gasteiger partial charge is 0.243 e. The van der Waals surface area contributed by atoms with Gasteiger partial charge in [-0.2, -0.15) is 0 Å². The van der Waals surface area contributed by atoms with Crippen molar-refractivity contribution in [2.45, 2.75) is 18.7 Å². The van der Waals surface area contributed by atoms with Crippen molar-refractivity contribution < 1.29 is 17.2 Å². The SMILES string of the molecule is CCN(CCNS(=O)(=O)c1ccc(F)cc1F)c1cccc(C)c1. The molecule has 0 bridgehead atoms. The molecule has 0 aliphatic rings. The third-order valence-electron chi connectivity index (χ3n) is 3.61. The van der Waals surface area contributed by atoms with Crippen LogP contribution in [0.4, 0.5) is 14.5 Å². The second-order valence-electron chi connectivity index (χ2n) is 5.39. The Hall–Kier alpha value is -1.99. The first-order valence-corrected chi connectivity index (χ1v) is 9.08. The van der Waals surface area contributed by atoms with Gasteiger partial charge in [-0.3, -0.25) is 0 Å². The molecule has 1 N–H and O–H groups in total. The van der Waals surface area contributed by atoms with Crippen LogP contribution in [0.25, 0.3) is 0 Å². The van der Waals surface area contributed by atoms with Crippen molar-refractivity contribution >= 4 is 15.7 Å². The summed E-state index contributed by atoms with van der Waals surface area (Å²) in [4.78, 5) is 1.46. The molecule has 0 atom stereocenters. The summed E-state index contributed by atoms with van der Waals surface area (Å²) in [7, 11) is -4.02. The number of rotatable bonds is 7. The van der Waals surface area contributed by atoms with Crippen LogP contribution in [0.3, 0.4) is 0 Å². The lowest BCUT2D eigenvalue weighted by atomic mass is 10.2. The van der Waals surface area contributed by atoms with E-state index >= 15 is 0 Å². The fourth-order valence-corrected chi connectivity index (χ4v) is 3.46. The van der Waals surface area contributed by atoms with E-state index in [1.807, 2.05) is 43.0 Å². The van der Waals surface area contributed by atoms with E-state index in [2.05, 4.69) is 4.72 Å². The van der Waals surface area contributed by atoms with Gasteiger partial charge in [-0.15, -0.1) is 0 Å². The van der Waals surface area contributed by atoms with Crippen LogP contribution in [0.2, 0.25) is 0 Å². The summed E-state index contributed by atoms with van der Waals surface area (Å²) < 4.78 is 53.2. The summed E-state index contributed by atoms with van der Waals surface area (Å²) >= 11 is 0. The molecule has 4 nitrogen and oxygen atoms in total. The van der Waals surface area contributed by atoms with Gasteiger partial charge in [0.2, 0.25) is 10.0 Å². The molecule has 2 aromatic carbocycles. The van der Waals surface area contributed by atoms with Crippen molar-refractivity contribution in [3.05, 3.63) is 59.7 Å². The predicted molar refractivity (Wildman–Crippen MR) is 90.6 cm³/mol. The Morgan fingerprint density at radius 3 is 2.50 bits per heavy atom. The Morgan fingerprint density at radius 1 is 1.12 bits per heavy atom. The molecule has 0 aliphatic heterocycles. The topological polar surface area (TPSA) is 49.4 Å². The number of halogens is 2. The monoisotopic (exact) mass is 354 g/mol. The molecule has 0 radical (unpaired) electrons. The van der Waals surface area contributed by atoms with Crippen LogP contribution in [-0.2, 0) is 10.0 Å². The van der Waals surface area contributed by atoms with Crippen LogP contribution >= 0.6 is 0 Å². The molecular weight excluding hydrogens is 334 g/mol.